The summed E-state index contributed by atoms with van der Waals surface area (Å²) in [6.07, 6.45) is 14.8. The van der Waals surface area contributed by atoms with Crippen LogP contribution in [0.15, 0.2) is 0 Å². The molecule has 5 saturated carbocycles. The van der Waals surface area contributed by atoms with Gasteiger partial charge < -0.3 is 11.1 Å². The van der Waals surface area contributed by atoms with Crippen molar-refractivity contribution in [3.63, 3.8) is 0 Å². The number of carbonyl (C=O) groups excluding carboxylic acids is 1. The maximum Gasteiger partial charge on any atom is 0.221 e. The predicted molar refractivity (Wildman–Crippen MR) is 95.5 cm³/mol. The number of hydrogen-bond acceptors (Lipinski definition) is 2. The number of nitrogens with one attached hydrogen (secondary N) is 1. The molecule has 132 valence electrons. The van der Waals surface area contributed by atoms with Gasteiger partial charge in [0.1, 0.15) is 0 Å². The topological polar surface area (TPSA) is 55.1 Å². The van der Waals surface area contributed by atoms with E-state index in [4.69, 9.17) is 5.73 Å². The summed E-state index contributed by atoms with van der Waals surface area (Å²) in [5.41, 5.74) is 6.33. The lowest BCUT2D eigenvalue weighted by atomic mass is 9.53. The van der Waals surface area contributed by atoms with Crippen molar-refractivity contribution in [3.05, 3.63) is 0 Å². The first-order valence-electron chi connectivity index (χ1n) is 9.62. The number of nitrogens with two attached hydrogens (primary N) is 1. The summed E-state index contributed by atoms with van der Waals surface area (Å²) in [6.45, 7) is 0.682. The molecule has 0 aromatic carbocycles. The Morgan fingerprint density at radius 3 is 1.96 bits per heavy atom. The highest BCUT2D eigenvalue weighted by atomic mass is 35.5. The van der Waals surface area contributed by atoms with E-state index in [0.717, 1.165) is 30.6 Å². The minimum Gasteiger partial charge on any atom is -0.351 e. The fraction of sp³-hybridized carbons (Fsp3) is 0.947. The largest absolute Gasteiger partial charge is 0.351 e. The van der Waals surface area contributed by atoms with Gasteiger partial charge in [-0.25, -0.2) is 0 Å². The van der Waals surface area contributed by atoms with Gasteiger partial charge in [0.05, 0.1) is 0 Å². The maximum atomic E-state index is 12.8. The highest BCUT2D eigenvalue weighted by molar-refractivity contribution is 5.85. The van der Waals surface area contributed by atoms with Crippen molar-refractivity contribution in [2.75, 3.05) is 6.54 Å². The second-order valence-electron chi connectivity index (χ2n) is 9.19. The summed E-state index contributed by atoms with van der Waals surface area (Å²) in [5, 5.41) is 3.54. The molecular weight excluding hydrogens is 308 g/mol. The van der Waals surface area contributed by atoms with Crippen molar-refractivity contribution in [1.29, 1.82) is 0 Å². The molecule has 0 radical (unpaired) electrons. The number of rotatable bonds is 4. The van der Waals surface area contributed by atoms with Gasteiger partial charge in [0.2, 0.25) is 5.91 Å². The average molecular weight is 341 g/mol. The molecule has 4 bridgehead atoms. The summed E-state index contributed by atoms with van der Waals surface area (Å²) in [7, 11) is 0. The van der Waals surface area contributed by atoms with Crippen LogP contribution in [0.5, 0.6) is 0 Å². The van der Waals surface area contributed by atoms with Crippen LogP contribution in [0.3, 0.4) is 0 Å². The molecule has 5 rings (SSSR count). The summed E-state index contributed by atoms with van der Waals surface area (Å²) in [5.74, 6) is 2.98. The van der Waals surface area contributed by atoms with Gasteiger partial charge in [0.25, 0.3) is 0 Å². The Bertz CT molecular complexity index is 409. The highest BCUT2D eigenvalue weighted by Gasteiger charge is 2.51. The first kappa shape index (κ1) is 17.5. The lowest BCUT2D eigenvalue weighted by molar-refractivity contribution is -0.129. The molecule has 5 fully saturated rings. The number of carbonyl (C=O) groups is 1. The van der Waals surface area contributed by atoms with E-state index in [9.17, 15) is 4.79 Å². The minimum absolute atomic E-state index is 0. The maximum absolute atomic E-state index is 12.8. The molecule has 0 spiro atoms. The Morgan fingerprint density at radius 1 is 0.957 bits per heavy atom. The summed E-state index contributed by atoms with van der Waals surface area (Å²) in [4.78, 5) is 12.8. The third-order valence-electron chi connectivity index (χ3n) is 7.33. The molecule has 0 aromatic heterocycles. The SMILES string of the molecule is Cl.NCC1(CC(=O)NC23CC4CC(CC(C4)C2)C3)CCCCC1. The second kappa shape index (κ2) is 6.55. The second-order valence-corrected chi connectivity index (χ2v) is 9.19. The van der Waals surface area contributed by atoms with Gasteiger partial charge in [-0.1, -0.05) is 19.3 Å². The number of halogens is 1. The van der Waals surface area contributed by atoms with Crippen molar-refractivity contribution < 1.29 is 4.79 Å². The van der Waals surface area contributed by atoms with E-state index < -0.39 is 0 Å². The molecule has 3 nitrogen and oxygen atoms in total. The van der Waals surface area contributed by atoms with Gasteiger partial charge in [0.15, 0.2) is 0 Å². The molecule has 0 aliphatic heterocycles. The Balaban J connectivity index is 0.00000156. The third-order valence-corrected chi connectivity index (χ3v) is 7.33. The predicted octanol–water partition coefficient (Wildman–Crippen LogP) is 3.79. The normalized spacial score (nSPS) is 40.5. The fourth-order valence-corrected chi connectivity index (χ4v) is 6.70. The van der Waals surface area contributed by atoms with E-state index >= 15 is 0 Å². The summed E-state index contributed by atoms with van der Waals surface area (Å²) in [6, 6.07) is 0. The minimum atomic E-state index is 0. The summed E-state index contributed by atoms with van der Waals surface area (Å²) < 4.78 is 0. The molecule has 0 heterocycles. The zero-order valence-corrected chi connectivity index (χ0v) is 15.1. The summed E-state index contributed by atoms with van der Waals surface area (Å²) >= 11 is 0. The van der Waals surface area contributed by atoms with Crippen molar-refractivity contribution in [2.24, 2.45) is 28.9 Å². The smallest absolute Gasteiger partial charge is 0.221 e. The van der Waals surface area contributed by atoms with Crippen LogP contribution in [0.25, 0.3) is 0 Å². The van der Waals surface area contributed by atoms with Gasteiger partial charge in [-0.15, -0.1) is 12.4 Å². The van der Waals surface area contributed by atoms with Gasteiger partial charge in [-0.3, -0.25) is 4.79 Å². The molecule has 0 saturated heterocycles. The van der Waals surface area contributed by atoms with Gasteiger partial charge >= 0.3 is 0 Å². The van der Waals surface area contributed by atoms with E-state index in [1.165, 1.54) is 57.8 Å². The first-order valence-corrected chi connectivity index (χ1v) is 9.62. The van der Waals surface area contributed by atoms with E-state index in [2.05, 4.69) is 5.32 Å². The van der Waals surface area contributed by atoms with Crippen molar-refractivity contribution >= 4 is 18.3 Å². The molecule has 0 unspecified atom stereocenters. The molecule has 3 N–H and O–H groups in total. The van der Waals surface area contributed by atoms with E-state index in [-0.39, 0.29) is 23.4 Å². The molecule has 5 aliphatic carbocycles. The van der Waals surface area contributed by atoms with Crippen LogP contribution in [0.4, 0.5) is 0 Å². The van der Waals surface area contributed by atoms with Crippen LogP contribution in [-0.4, -0.2) is 18.0 Å². The Morgan fingerprint density at radius 2 is 1.48 bits per heavy atom. The van der Waals surface area contributed by atoms with Crippen molar-refractivity contribution in [1.82, 2.24) is 5.32 Å². The van der Waals surface area contributed by atoms with Crippen LogP contribution in [-0.2, 0) is 4.79 Å². The monoisotopic (exact) mass is 340 g/mol. The van der Waals surface area contributed by atoms with Gasteiger partial charge in [-0.2, -0.15) is 0 Å². The molecule has 23 heavy (non-hydrogen) atoms. The van der Waals surface area contributed by atoms with Gasteiger partial charge in [-0.05, 0) is 81.1 Å². The first-order chi connectivity index (χ1) is 10.6. The zero-order valence-electron chi connectivity index (χ0n) is 14.3. The van der Waals surface area contributed by atoms with Crippen molar-refractivity contribution in [2.45, 2.75) is 82.6 Å². The molecule has 4 heteroatoms. The lowest BCUT2D eigenvalue weighted by Crippen LogP contribution is -2.60. The Kier molecular flexibility index (Phi) is 5.00. The number of amides is 1. The van der Waals surface area contributed by atoms with Crippen LogP contribution in [0, 0.1) is 23.2 Å². The van der Waals surface area contributed by atoms with Crippen LogP contribution >= 0.6 is 12.4 Å². The van der Waals surface area contributed by atoms with Crippen molar-refractivity contribution in [3.8, 4) is 0 Å². The lowest BCUT2D eigenvalue weighted by Gasteiger charge is -2.57. The Hall–Kier alpha value is -0.280. The molecule has 1 amide bonds. The Labute approximate surface area is 146 Å². The molecule has 0 aromatic rings. The van der Waals surface area contributed by atoms with E-state index in [1.807, 2.05) is 0 Å². The van der Waals surface area contributed by atoms with Crippen LogP contribution in [0.2, 0.25) is 0 Å². The third kappa shape index (κ3) is 3.42. The van der Waals surface area contributed by atoms with E-state index in [0.29, 0.717) is 18.9 Å². The van der Waals surface area contributed by atoms with E-state index in [1.54, 1.807) is 0 Å². The van der Waals surface area contributed by atoms with Gasteiger partial charge in [0, 0.05) is 12.0 Å². The standard InChI is InChI=1S/C19H32N2O.ClH/c20-13-18(4-2-1-3-5-18)12-17(22)21-19-9-14-6-15(10-19)8-16(7-14)11-19;/h14-16H,1-13,20H2,(H,21,22);1H. The molecule has 5 aliphatic rings. The quantitative estimate of drug-likeness (QED) is 0.818. The molecular formula is C19H33ClN2O. The van der Waals surface area contributed by atoms with Crippen LogP contribution in [0.1, 0.15) is 77.0 Å². The van der Waals surface area contributed by atoms with Crippen LogP contribution < -0.4 is 11.1 Å². The molecule has 0 atom stereocenters. The average Bonchev–Trinajstić information content (AvgIpc) is 2.46. The fourth-order valence-electron chi connectivity index (χ4n) is 6.70. The zero-order chi connectivity index (χ0) is 15.2. The highest BCUT2D eigenvalue weighted by Crippen LogP contribution is 2.55. The number of hydrogen-bond donors (Lipinski definition) is 2.